The molecule has 0 aliphatic carbocycles. The lowest BCUT2D eigenvalue weighted by Crippen LogP contribution is -2.52. The molecule has 0 aromatic carbocycles. The molecule has 4 nitrogen and oxygen atoms in total. The summed E-state index contributed by atoms with van der Waals surface area (Å²) >= 11 is 0. The van der Waals surface area contributed by atoms with E-state index in [1.165, 1.54) is 0 Å². The first kappa shape index (κ1) is 6.51. The van der Waals surface area contributed by atoms with Crippen molar-refractivity contribution in [2.75, 3.05) is 19.6 Å². The zero-order chi connectivity index (χ0) is 6.85. The molecule has 1 aliphatic rings. The first-order valence-electron chi connectivity index (χ1n) is 2.80. The number of β-amino-alcohol motifs (C(OH)–C–C–N with tert-alkyl or cyclic N) is 1. The Morgan fingerprint density at radius 3 is 2.56 bits per heavy atom. The van der Waals surface area contributed by atoms with Gasteiger partial charge < -0.3 is 10.2 Å². The first-order chi connectivity index (χ1) is 4.18. The number of nitrogens with zero attached hydrogens (tertiary/aromatic N) is 1. The van der Waals surface area contributed by atoms with E-state index in [2.05, 4.69) is 0 Å². The molecule has 4 heteroatoms. The van der Waals surface area contributed by atoms with Crippen molar-refractivity contribution in [3.8, 4) is 0 Å². The lowest BCUT2D eigenvalue weighted by molar-refractivity contribution is -0.141. The third kappa shape index (κ3) is 1.65. The Hall–Kier alpha value is -0.610. The molecule has 1 rings (SSSR count). The normalized spacial score (nSPS) is 21.4. The molecule has 0 aromatic rings. The smallest absolute Gasteiger partial charge is 0.317 e. The third-order valence-corrected chi connectivity index (χ3v) is 1.30. The summed E-state index contributed by atoms with van der Waals surface area (Å²) < 4.78 is 0. The molecule has 2 N–H and O–H groups in total. The van der Waals surface area contributed by atoms with Gasteiger partial charge in [0.05, 0.1) is 12.6 Å². The van der Waals surface area contributed by atoms with E-state index in [4.69, 9.17) is 10.2 Å². The Kier molecular flexibility index (Phi) is 1.68. The van der Waals surface area contributed by atoms with Crippen LogP contribution in [0, 0.1) is 0 Å². The number of rotatable bonds is 2. The largest absolute Gasteiger partial charge is 0.480 e. The molecule has 1 fully saturated rings. The Bertz CT molecular complexity index is 119. The van der Waals surface area contributed by atoms with Crippen LogP contribution in [-0.2, 0) is 4.79 Å². The minimum atomic E-state index is -0.832. The highest BCUT2D eigenvalue weighted by Gasteiger charge is 2.25. The second-order valence-corrected chi connectivity index (χ2v) is 2.24. The van der Waals surface area contributed by atoms with Crippen LogP contribution in [0.5, 0.6) is 0 Å². The number of carboxylic acids is 1. The Balaban J connectivity index is 2.11. The van der Waals surface area contributed by atoms with Crippen LogP contribution in [0.4, 0.5) is 0 Å². The standard InChI is InChI=1S/C5H9NO3/c7-4-1-6(2-4)3-5(8)9/h4,7H,1-3H2,(H,8,9). The molecule has 0 spiro atoms. The maximum absolute atomic E-state index is 9.99. The number of likely N-dealkylation sites (tertiary alicyclic amines) is 1. The molecule has 52 valence electrons. The van der Waals surface area contributed by atoms with Crippen LogP contribution in [0.25, 0.3) is 0 Å². The molecular formula is C5H9NO3. The molecular weight excluding hydrogens is 122 g/mol. The summed E-state index contributed by atoms with van der Waals surface area (Å²) in [6.45, 7) is 1.07. The molecule has 0 radical (unpaired) electrons. The maximum atomic E-state index is 9.99. The van der Waals surface area contributed by atoms with Gasteiger partial charge in [0.1, 0.15) is 0 Å². The van der Waals surface area contributed by atoms with Crippen LogP contribution >= 0.6 is 0 Å². The van der Waals surface area contributed by atoms with Gasteiger partial charge >= 0.3 is 5.97 Å². The lowest BCUT2D eigenvalue weighted by Gasteiger charge is -2.34. The summed E-state index contributed by atoms with van der Waals surface area (Å²) in [5, 5.41) is 16.9. The highest BCUT2D eigenvalue weighted by Crippen LogP contribution is 2.04. The van der Waals surface area contributed by atoms with E-state index < -0.39 is 5.97 Å². The van der Waals surface area contributed by atoms with E-state index in [-0.39, 0.29) is 12.6 Å². The van der Waals surface area contributed by atoms with Crippen LogP contribution in [0.1, 0.15) is 0 Å². The predicted molar refractivity (Wildman–Crippen MR) is 30.1 cm³/mol. The van der Waals surface area contributed by atoms with Crippen molar-refractivity contribution in [1.82, 2.24) is 4.90 Å². The number of aliphatic hydroxyl groups excluding tert-OH is 1. The summed E-state index contributed by atoms with van der Waals surface area (Å²) in [6.07, 6.45) is -0.302. The molecule has 0 saturated carbocycles. The second-order valence-electron chi connectivity index (χ2n) is 2.24. The average Bonchev–Trinajstić information content (AvgIpc) is 1.60. The van der Waals surface area contributed by atoms with Crippen molar-refractivity contribution in [1.29, 1.82) is 0 Å². The van der Waals surface area contributed by atoms with Gasteiger partial charge in [-0.15, -0.1) is 0 Å². The van der Waals surface area contributed by atoms with Crippen LogP contribution in [0.3, 0.4) is 0 Å². The molecule has 1 saturated heterocycles. The lowest BCUT2D eigenvalue weighted by atomic mass is 10.2. The number of aliphatic hydroxyl groups is 1. The SMILES string of the molecule is O=C(O)CN1CC(O)C1. The van der Waals surface area contributed by atoms with Crippen molar-refractivity contribution in [2.45, 2.75) is 6.10 Å². The van der Waals surface area contributed by atoms with Crippen molar-refractivity contribution in [2.24, 2.45) is 0 Å². The van der Waals surface area contributed by atoms with Crippen LogP contribution in [0.15, 0.2) is 0 Å². The van der Waals surface area contributed by atoms with Gasteiger partial charge in [-0.3, -0.25) is 9.69 Å². The minimum absolute atomic E-state index is 0.0526. The van der Waals surface area contributed by atoms with E-state index in [1.807, 2.05) is 0 Å². The molecule has 0 unspecified atom stereocenters. The molecule has 0 amide bonds. The van der Waals surface area contributed by atoms with Crippen LogP contribution in [-0.4, -0.2) is 46.8 Å². The van der Waals surface area contributed by atoms with Crippen molar-refractivity contribution < 1.29 is 15.0 Å². The number of hydrogen-bond acceptors (Lipinski definition) is 3. The predicted octanol–water partition coefficient (Wildman–Crippen LogP) is -1.25. The third-order valence-electron chi connectivity index (χ3n) is 1.30. The Morgan fingerprint density at radius 2 is 2.22 bits per heavy atom. The monoisotopic (exact) mass is 131 g/mol. The molecule has 0 bridgehead atoms. The van der Waals surface area contributed by atoms with Gasteiger partial charge in [0.25, 0.3) is 0 Å². The van der Waals surface area contributed by atoms with E-state index >= 15 is 0 Å². The molecule has 0 aromatic heterocycles. The van der Waals surface area contributed by atoms with Gasteiger partial charge in [-0.2, -0.15) is 0 Å². The summed E-state index contributed by atoms with van der Waals surface area (Å²) in [5.74, 6) is -0.832. The summed E-state index contributed by atoms with van der Waals surface area (Å²) in [5.41, 5.74) is 0. The molecule has 0 atom stereocenters. The first-order valence-corrected chi connectivity index (χ1v) is 2.80. The highest BCUT2D eigenvalue weighted by atomic mass is 16.4. The maximum Gasteiger partial charge on any atom is 0.317 e. The van der Waals surface area contributed by atoms with Gasteiger partial charge in [0.15, 0.2) is 0 Å². The van der Waals surface area contributed by atoms with Gasteiger partial charge in [-0.25, -0.2) is 0 Å². The fourth-order valence-corrected chi connectivity index (χ4v) is 0.863. The second kappa shape index (κ2) is 2.33. The average molecular weight is 131 g/mol. The number of carboxylic acid groups (broad SMARTS) is 1. The number of carbonyl (C=O) groups is 1. The molecule has 1 aliphatic heterocycles. The van der Waals surface area contributed by atoms with E-state index in [1.54, 1.807) is 4.90 Å². The fourth-order valence-electron chi connectivity index (χ4n) is 0.863. The van der Waals surface area contributed by atoms with Crippen LogP contribution < -0.4 is 0 Å². The van der Waals surface area contributed by atoms with Gasteiger partial charge in [-0.05, 0) is 0 Å². The summed E-state index contributed by atoms with van der Waals surface area (Å²) in [7, 11) is 0. The van der Waals surface area contributed by atoms with Gasteiger partial charge in [0.2, 0.25) is 0 Å². The van der Waals surface area contributed by atoms with Crippen LogP contribution in [0.2, 0.25) is 0 Å². The van der Waals surface area contributed by atoms with Crippen molar-refractivity contribution >= 4 is 5.97 Å². The summed E-state index contributed by atoms with van der Waals surface area (Å²) in [4.78, 5) is 11.7. The topological polar surface area (TPSA) is 60.8 Å². The highest BCUT2D eigenvalue weighted by molar-refractivity contribution is 5.69. The van der Waals surface area contributed by atoms with Crippen molar-refractivity contribution in [3.05, 3.63) is 0 Å². The fraction of sp³-hybridized carbons (Fsp3) is 0.800. The number of aliphatic carboxylic acids is 1. The quantitative estimate of drug-likeness (QED) is 0.491. The van der Waals surface area contributed by atoms with E-state index in [0.717, 1.165) is 0 Å². The minimum Gasteiger partial charge on any atom is -0.480 e. The Morgan fingerprint density at radius 1 is 1.67 bits per heavy atom. The zero-order valence-electron chi connectivity index (χ0n) is 4.95. The van der Waals surface area contributed by atoms with Crippen molar-refractivity contribution in [3.63, 3.8) is 0 Å². The van der Waals surface area contributed by atoms with E-state index in [0.29, 0.717) is 13.1 Å². The molecule has 1 heterocycles. The zero-order valence-corrected chi connectivity index (χ0v) is 4.95. The Labute approximate surface area is 52.7 Å². The summed E-state index contributed by atoms with van der Waals surface area (Å²) in [6, 6.07) is 0. The van der Waals surface area contributed by atoms with Gasteiger partial charge in [-0.1, -0.05) is 0 Å². The molecule has 9 heavy (non-hydrogen) atoms. The number of hydrogen-bond donors (Lipinski definition) is 2. The van der Waals surface area contributed by atoms with E-state index in [9.17, 15) is 4.79 Å². The van der Waals surface area contributed by atoms with Gasteiger partial charge in [0, 0.05) is 13.1 Å².